The Morgan fingerprint density at radius 2 is 1.68 bits per heavy atom. The second kappa shape index (κ2) is 10.6. The number of carbonyl (C=O) groups excluding carboxylic acids is 1. The van der Waals surface area contributed by atoms with Gasteiger partial charge in [-0.15, -0.1) is 0 Å². The van der Waals surface area contributed by atoms with Gasteiger partial charge in [0.1, 0.15) is 11.5 Å². The molecule has 1 aliphatic heterocycles. The topological polar surface area (TPSA) is 54.0 Å². The molecular weight excluding hydrogens is 390 g/mol. The summed E-state index contributed by atoms with van der Waals surface area (Å²) >= 11 is 0. The number of carbonyl (C=O) groups is 1. The lowest BCUT2D eigenvalue weighted by Crippen LogP contribution is -2.49. The molecule has 0 aromatic heterocycles. The first kappa shape index (κ1) is 23.1. The summed E-state index contributed by atoms with van der Waals surface area (Å²) in [5.41, 5.74) is 4.79. The van der Waals surface area contributed by atoms with Gasteiger partial charge in [-0.25, -0.2) is 0 Å². The molecule has 2 aromatic carbocycles. The Morgan fingerprint density at radius 1 is 0.968 bits per heavy atom. The van der Waals surface area contributed by atoms with E-state index < -0.39 is 0 Å². The third kappa shape index (κ3) is 6.21. The van der Waals surface area contributed by atoms with Crippen LogP contribution in [0.15, 0.2) is 36.4 Å². The fraction of sp³-hybridized carbons (Fsp3) is 0.480. The van der Waals surface area contributed by atoms with Crippen molar-refractivity contribution in [3.05, 3.63) is 58.7 Å². The zero-order chi connectivity index (χ0) is 22.4. The number of nitrogens with one attached hydrogen (secondary N) is 1. The molecule has 6 heteroatoms. The van der Waals surface area contributed by atoms with E-state index in [1.165, 1.54) is 11.1 Å². The van der Waals surface area contributed by atoms with E-state index in [1.54, 1.807) is 14.2 Å². The number of piperazine rings is 1. The number of hydrogen-bond donors (Lipinski definition) is 1. The zero-order valence-electron chi connectivity index (χ0n) is 19.4. The van der Waals surface area contributed by atoms with Crippen LogP contribution in [0.5, 0.6) is 11.5 Å². The summed E-state index contributed by atoms with van der Waals surface area (Å²) in [6, 6.07) is 12.3. The molecule has 0 radical (unpaired) electrons. The van der Waals surface area contributed by atoms with Gasteiger partial charge >= 0.3 is 0 Å². The van der Waals surface area contributed by atoms with E-state index in [1.807, 2.05) is 25.1 Å². The second-order valence-corrected chi connectivity index (χ2v) is 8.36. The summed E-state index contributed by atoms with van der Waals surface area (Å²) < 4.78 is 10.9. The molecule has 1 unspecified atom stereocenters. The van der Waals surface area contributed by atoms with E-state index in [0.29, 0.717) is 6.54 Å². The smallest absolute Gasteiger partial charge is 0.234 e. The van der Waals surface area contributed by atoms with Gasteiger partial charge in [-0.1, -0.05) is 18.2 Å². The van der Waals surface area contributed by atoms with Gasteiger partial charge in [-0.05, 0) is 55.7 Å². The molecule has 6 nitrogen and oxygen atoms in total. The molecule has 1 amide bonds. The Balaban J connectivity index is 1.47. The number of hydrogen-bond acceptors (Lipinski definition) is 5. The number of aryl methyl sites for hydroxylation is 2. The van der Waals surface area contributed by atoms with Crippen molar-refractivity contribution < 1.29 is 14.3 Å². The maximum absolute atomic E-state index is 12.6. The fourth-order valence-electron chi connectivity index (χ4n) is 3.96. The van der Waals surface area contributed by atoms with Gasteiger partial charge in [0, 0.05) is 38.3 Å². The Kier molecular flexibility index (Phi) is 7.93. The predicted octanol–water partition coefficient (Wildman–Crippen LogP) is 3.32. The third-order valence-corrected chi connectivity index (χ3v) is 6.12. The van der Waals surface area contributed by atoms with Gasteiger partial charge in [0.05, 0.1) is 26.8 Å². The summed E-state index contributed by atoms with van der Waals surface area (Å²) in [6.07, 6.45) is 0. The van der Waals surface area contributed by atoms with Crippen LogP contribution in [0.2, 0.25) is 0 Å². The summed E-state index contributed by atoms with van der Waals surface area (Å²) in [6.45, 7) is 11.1. The van der Waals surface area contributed by atoms with Crippen molar-refractivity contribution in [3.63, 3.8) is 0 Å². The van der Waals surface area contributed by atoms with Crippen molar-refractivity contribution in [2.24, 2.45) is 0 Å². The normalized spacial score (nSPS) is 16.0. The van der Waals surface area contributed by atoms with Crippen LogP contribution in [0.25, 0.3) is 0 Å². The van der Waals surface area contributed by atoms with Crippen LogP contribution in [0.4, 0.5) is 0 Å². The molecule has 0 aliphatic carbocycles. The van der Waals surface area contributed by atoms with E-state index in [9.17, 15) is 4.79 Å². The predicted molar refractivity (Wildman–Crippen MR) is 124 cm³/mol. The Morgan fingerprint density at radius 3 is 2.32 bits per heavy atom. The molecule has 1 saturated heterocycles. The van der Waals surface area contributed by atoms with Crippen molar-refractivity contribution in [2.75, 3.05) is 46.9 Å². The SMILES string of the molecule is COc1ccc(OC)c(CN2CCN(CC(=O)NC(C)c3ccc(C)c(C)c3)CC2)c1. The highest BCUT2D eigenvalue weighted by molar-refractivity contribution is 5.78. The highest BCUT2D eigenvalue weighted by atomic mass is 16.5. The van der Waals surface area contributed by atoms with Crippen LogP contribution >= 0.6 is 0 Å². The number of nitrogens with zero attached hydrogens (tertiary/aromatic N) is 2. The zero-order valence-corrected chi connectivity index (χ0v) is 19.4. The van der Waals surface area contributed by atoms with Crippen molar-refractivity contribution >= 4 is 5.91 Å². The molecule has 2 aromatic rings. The first-order valence-corrected chi connectivity index (χ1v) is 10.9. The highest BCUT2D eigenvalue weighted by Gasteiger charge is 2.21. The van der Waals surface area contributed by atoms with E-state index in [0.717, 1.165) is 55.3 Å². The van der Waals surface area contributed by atoms with Crippen LogP contribution in [0.3, 0.4) is 0 Å². The molecule has 0 saturated carbocycles. The van der Waals surface area contributed by atoms with Gasteiger partial charge in [0.2, 0.25) is 5.91 Å². The van der Waals surface area contributed by atoms with E-state index in [4.69, 9.17) is 9.47 Å². The largest absolute Gasteiger partial charge is 0.497 e. The molecule has 1 heterocycles. The highest BCUT2D eigenvalue weighted by Crippen LogP contribution is 2.25. The molecule has 1 atom stereocenters. The fourth-order valence-corrected chi connectivity index (χ4v) is 3.96. The standard InChI is InChI=1S/C25H35N3O3/c1-18-6-7-21(14-19(18)2)20(3)26-25(29)17-28-12-10-27(11-13-28)16-22-15-23(30-4)8-9-24(22)31-5/h6-9,14-15,20H,10-13,16-17H2,1-5H3,(H,26,29). The van der Waals surface area contributed by atoms with Crippen molar-refractivity contribution in [2.45, 2.75) is 33.4 Å². The average molecular weight is 426 g/mol. The molecule has 1 N–H and O–H groups in total. The number of rotatable bonds is 8. The van der Waals surface area contributed by atoms with Crippen LogP contribution in [0.1, 0.15) is 35.2 Å². The molecule has 31 heavy (non-hydrogen) atoms. The number of benzene rings is 2. The van der Waals surface area contributed by atoms with Gasteiger partial charge in [-0.3, -0.25) is 14.6 Å². The lowest BCUT2D eigenvalue weighted by Gasteiger charge is -2.34. The first-order chi connectivity index (χ1) is 14.9. The minimum atomic E-state index is 0.00798. The van der Waals surface area contributed by atoms with Crippen LogP contribution < -0.4 is 14.8 Å². The molecule has 0 bridgehead atoms. The Hall–Kier alpha value is -2.57. The minimum absolute atomic E-state index is 0.00798. The molecule has 1 fully saturated rings. The molecule has 1 aliphatic rings. The maximum atomic E-state index is 12.6. The molecule has 3 rings (SSSR count). The lowest BCUT2D eigenvalue weighted by molar-refractivity contribution is -0.123. The van der Waals surface area contributed by atoms with Gasteiger partial charge in [0.25, 0.3) is 0 Å². The summed E-state index contributed by atoms with van der Waals surface area (Å²) in [5, 5.41) is 3.14. The molecule has 168 valence electrons. The number of methoxy groups -OCH3 is 2. The van der Waals surface area contributed by atoms with Gasteiger partial charge in [-0.2, -0.15) is 0 Å². The van der Waals surface area contributed by atoms with E-state index in [2.05, 4.69) is 47.2 Å². The van der Waals surface area contributed by atoms with E-state index in [-0.39, 0.29) is 11.9 Å². The lowest BCUT2D eigenvalue weighted by atomic mass is 10.0. The average Bonchev–Trinajstić information content (AvgIpc) is 2.76. The first-order valence-electron chi connectivity index (χ1n) is 10.9. The van der Waals surface area contributed by atoms with Gasteiger partial charge < -0.3 is 14.8 Å². The number of amides is 1. The van der Waals surface area contributed by atoms with E-state index >= 15 is 0 Å². The van der Waals surface area contributed by atoms with Crippen LogP contribution in [-0.2, 0) is 11.3 Å². The van der Waals surface area contributed by atoms with Crippen molar-refractivity contribution in [3.8, 4) is 11.5 Å². The Bertz CT molecular complexity index is 892. The Labute approximate surface area is 186 Å². The third-order valence-electron chi connectivity index (χ3n) is 6.12. The second-order valence-electron chi connectivity index (χ2n) is 8.36. The van der Waals surface area contributed by atoms with Crippen molar-refractivity contribution in [1.29, 1.82) is 0 Å². The quantitative estimate of drug-likeness (QED) is 0.703. The summed E-state index contributed by atoms with van der Waals surface area (Å²) in [5.74, 6) is 1.79. The maximum Gasteiger partial charge on any atom is 0.234 e. The van der Waals surface area contributed by atoms with Crippen LogP contribution in [-0.4, -0.2) is 62.7 Å². The summed E-state index contributed by atoms with van der Waals surface area (Å²) in [7, 11) is 3.37. The number of ether oxygens (including phenoxy) is 2. The molecular formula is C25H35N3O3. The molecule has 0 spiro atoms. The van der Waals surface area contributed by atoms with Gasteiger partial charge in [0.15, 0.2) is 0 Å². The van der Waals surface area contributed by atoms with Crippen LogP contribution in [0, 0.1) is 13.8 Å². The minimum Gasteiger partial charge on any atom is -0.497 e. The summed E-state index contributed by atoms with van der Waals surface area (Å²) in [4.78, 5) is 17.2. The monoisotopic (exact) mass is 425 g/mol. The van der Waals surface area contributed by atoms with Crippen molar-refractivity contribution in [1.82, 2.24) is 15.1 Å².